The van der Waals surface area contributed by atoms with E-state index in [1.165, 1.54) is 10.7 Å². The summed E-state index contributed by atoms with van der Waals surface area (Å²) < 4.78 is 0. The highest BCUT2D eigenvalue weighted by atomic mass is 32.1. The number of hydrogen-bond acceptors (Lipinski definition) is 7. The van der Waals surface area contributed by atoms with Gasteiger partial charge in [-0.3, -0.25) is 4.90 Å². The van der Waals surface area contributed by atoms with E-state index in [-0.39, 0.29) is 0 Å². The average Bonchev–Trinajstić information content (AvgIpc) is 3.24. The molecular formula is C15H19N7S. The molecule has 4 heterocycles. The summed E-state index contributed by atoms with van der Waals surface area (Å²) in [4.78, 5) is 25.4. The molecule has 0 aromatic carbocycles. The van der Waals surface area contributed by atoms with Gasteiger partial charge in [-0.15, -0.1) is 11.3 Å². The number of nitrogens with zero attached hydrogens (tertiary/aromatic N) is 6. The molecule has 0 atom stereocenters. The fourth-order valence-electron chi connectivity index (χ4n) is 2.92. The highest BCUT2D eigenvalue weighted by Crippen LogP contribution is 2.21. The molecule has 7 nitrogen and oxygen atoms in total. The Kier molecular flexibility index (Phi) is 3.92. The second-order valence-corrected chi connectivity index (χ2v) is 6.59. The Balaban J connectivity index is 1.41. The number of rotatable bonds is 4. The molecule has 0 spiro atoms. The van der Waals surface area contributed by atoms with Gasteiger partial charge in [0.15, 0.2) is 11.5 Å². The van der Waals surface area contributed by atoms with Crippen molar-refractivity contribution < 1.29 is 0 Å². The Labute approximate surface area is 138 Å². The number of imidazole rings is 1. The van der Waals surface area contributed by atoms with Crippen LogP contribution in [0.2, 0.25) is 0 Å². The largest absolute Gasteiger partial charge is 0.352 e. The first kappa shape index (κ1) is 14.5. The first-order valence-corrected chi connectivity index (χ1v) is 8.76. The van der Waals surface area contributed by atoms with Crippen molar-refractivity contribution in [1.29, 1.82) is 0 Å². The maximum Gasteiger partial charge on any atom is 0.182 e. The van der Waals surface area contributed by atoms with Crippen LogP contribution in [0.4, 0.5) is 5.82 Å². The van der Waals surface area contributed by atoms with Crippen LogP contribution in [0.1, 0.15) is 17.6 Å². The van der Waals surface area contributed by atoms with Crippen molar-refractivity contribution in [2.75, 3.05) is 31.1 Å². The predicted octanol–water partition coefficient (Wildman–Crippen LogP) is 1.69. The summed E-state index contributed by atoms with van der Waals surface area (Å²) in [6, 6.07) is 0. The second kappa shape index (κ2) is 6.21. The Bertz CT molecular complexity index is 788. The number of hydrogen-bond donors (Lipinski definition) is 1. The molecule has 0 aliphatic carbocycles. The third-order valence-electron chi connectivity index (χ3n) is 4.16. The standard InChI is InChI=1S/C15H19N7S/c1-2-12-20-11(8-23-12)7-21-3-5-22(6-4-21)15-13-14(17-9-16-13)18-10-19-15/h8-10H,2-7H2,1H3,(H,16,17,18,19). The lowest BCUT2D eigenvalue weighted by molar-refractivity contribution is 0.247. The molecule has 1 aliphatic heterocycles. The minimum atomic E-state index is 0.729. The van der Waals surface area contributed by atoms with Crippen LogP contribution in [0, 0.1) is 0 Å². The van der Waals surface area contributed by atoms with Gasteiger partial charge in [-0.2, -0.15) is 0 Å². The van der Waals surface area contributed by atoms with Crippen molar-refractivity contribution >= 4 is 28.3 Å². The van der Waals surface area contributed by atoms with Crippen LogP contribution < -0.4 is 4.90 Å². The van der Waals surface area contributed by atoms with Gasteiger partial charge in [0, 0.05) is 38.1 Å². The molecule has 8 heteroatoms. The topological polar surface area (TPSA) is 73.8 Å². The van der Waals surface area contributed by atoms with E-state index in [2.05, 4.69) is 47.0 Å². The van der Waals surface area contributed by atoms with Gasteiger partial charge in [0.1, 0.15) is 11.8 Å². The summed E-state index contributed by atoms with van der Waals surface area (Å²) in [6.45, 7) is 7.02. The Morgan fingerprint density at radius 1 is 1.17 bits per heavy atom. The van der Waals surface area contributed by atoms with Crippen molar-refractivity contribution in [1.82, 2.24) is 29.8 Å². The predicted molar refractivity (Wildman–Crippen MR) is 90.7 cm³/mol. The van der Waals surface area contributed by atoms with Crippen LogP contribution in [-0.4, -0.2) is 56.0 Å². The molecule has 0 unspecified atom stereocenters. The van der Waals surface area contributed by atoms with Crippen LogP contribution in [-0.2, 0) is 13.0 Å². The number of anilines is 1. The van der Waals surface area contributed by atoms with E-state index in [1.807, 2.05) is 0 Å². The molecule has 0 radical (unpaired) electrons. The molecule has 1 aliphatic rings. The van der Waals surface area contributed by atoms with E-state index >= 15 is 0 Å². The summed E-state index contributed by atoms with van der Waals surface area (Å²) in [7, 11) is 0. The minimum Gasteiger partial charge on any atom is -0.352 e. The zero-order valence-corrected chi connectivity index (χ0v) is 13.9. The number of piperazine rings is 1. The van der Waals surface area contributed by atoms with E-state index < -0.39 is 0 Å². The number of nitrogens with one attached hydrogen (secondary N) is 1. The maximum absolute atomic E-state index is 4.66. The number of H-pyrrole nitrogens is 1. The molecule has 3 aromatic heterocycles. The first-order chi connectivity index (χ1) is 11.3. The fraction of sp³-hybridized carbons (Fsp3) is 0.467. The summed E-state index contributed by atoms with van der Waals surface area (Å²) in [5.41, 5.74) is 2.85. The van der Waals surface area contributed by atoms with Crippen LogP contribution in [0.5, 0.6) is 0 Å². The minimum absolute atomic E-state index is 0.729. The molecule has 120 valence electrons. The maximum atomic E-state index is 4.66. The Morgan fingerprint density at radius 3 is 2.83 bits per heavy atom. The van der Waals surface area contributed by atoms with Gasteiger partial charge in [0.2, 0.25) is 0 Å². The molecule has 23 heavy (non-hydrogen) atoms. The first-order valence-electron chi connectivity index (χ1n) is 7.88. The van der Waals surface area contributed by atoms with E-state index in [0.29, 0.717) is 0 Å². The quantitative estimate of drug-likeness (QED) is 0.785. The van der Waals surface area contributed by atoms with Gasteiger partial charge in [-0.05, 0) is 6.42 Å². The number of aromatic amines is 1. The van der Waals surface area contributed by atoms with Crippen LogP contribution >= 0.6 is 11.3 Å². The van der Waals surface area contributed by atoms with E-state index in [9.17, 15) is 0 Å². The highest BCUT2D eigenvalue weighted by molar-refractivity contribution is 7.09. The second-order valence-electron chi connectivity index (χ2n) is 5.65. The van der Waals surface area contributed by atoms with Gasteiger partial charge < -0.3 is 9.88 Å². The lowest BCUT2D eigenvalue weighted by atomic mass is 10.3. The monoisotopic (exact) mass is 329 g/mol. The van der Waals surface area contributed by atoms with E-state index in [4.69, 9.17) is 0 Å². The van der Waals surface area contributed by atoms with Crippen LogP contribution in [0.25, 0.3) is 11.2 Å². The molecular weight excluding hydrogens is 310 g/mol. The van der Waals surface area contributed by atoms with Gasteiger partial charge in [-0.25, -0.2) is 19.9 Å². The summed E-state index contributed by atoms with van der Waals surface area (Å²) in [5, 5.41) is 3.41. The van der Waals surface area contributed by atoms with Crippen molar-refractivity contribution in [2.45, 2.75) is 19.9 Å². The van der Waals surface area contributed by atoms with Crippen LogP contribution in [0.3, 0.4) is 0 Å². The smallest absolute Gasteiger partial charge is 0.182 e. The molecule has 0 amide bonds. The zero-order valence-electron chi connectivity index (χ0n) is 13.1. The number of fused-ring (bicyclic) bond motifs is 1. The zero-order chi connectivity index (χ0) is 15.6. The van der Waals surface area contributed by atoms with Crippen LogP contribution in [0.15, 0.2) is 18.0 Å². The van der Waals surface area contributed by atoms with E-state index in [1.54, 1.807) is 24.0 Å². The third-order valence-corrected chi connectivity index (χ3v) is 5.20. The normalized spacial score (nSPS) is 16.3. The molecule has 0 bridgehead atoms. The van der Waals surface area contributed by atoms with Gasteiger partial charge in [0.25, 0.3) is 0 Å². The number of aryl methyl sites for hydroxylation is 1. The van der Waals surface area contributed by atoms with Gasteiger partial charge >= 0.3 is 0 Å². The van der Waals surface area contributed by atoms with Crippen molar-refractivity contribution in [3.63, 3.8) is 0 Å². The number of aromatic nitrogens is 5. The summed E-state index contributed by atoms with van der Waals surface area (Å²) in [5.74, 6) is 0.953. The molecule has 4 rings (SSSR count). The Morgan fingerprint density at radius 2 is 2.04 bits per heavy atom. The molecule has 0 saturated carbocycles. The summed E-state index contributed by atoms with van der Waals surface area (Å²) >= 11 is 1.76. The van der Waals surface area contributed by atoms with Crippen molar-refractivity contribution in [3.05, 3.63) is 28.7 Å². The van der Waals surface area contributed by atoms with E-state index in [0.717, 1.165) is 56.1 Å². The Hall–Kier alpha value is -2.06. The number of thiazole rings is 1. The fourth-order valence-corrected chi connectivity index (χ4v) is 3.66. The lowest BCUT2D eigenvalue weighted by Gasteiger charge is -2.35. The highest BCUT2D eigenvalue weighted by Gasteiger charge is 2.21. The molecule has 1 N–H and O–H groups in total. The average molecular weight is 329 g/mol. The molecule has 1 saturated heterocycles. The summed E-state index contributed by atoms with van der Waals surface area (Å²) in [6.07, 6.45) is 4.28. The van der Waals surface area contributed by atoms with Crippen molar-refractivity contribution in [2.24, 2.45) is 0 Å². The molecule has 3 aromatic rings. The third kappa shape index (κ3) is 2.91. The lowest BCUT2D eigenvalue weighted by Crippen LogP contribution is -2.46. The van der Waals surface area contributed by atoms with Gasteiger partial charge in [-0.1, -0.05) is 6.92 Å². The van der Waals surface area contributed by atoms with Crippen molar-refractivity contribution in [3.8, 4) is 0 Å². The SMILES string of the molecule is CCc1nc(CN2CCN(c3ncnc4nc[nH]c34)CC2)cs1. The molecule has 1 fully saturated rings. The van der Waals surface area contributed by atoms with Gasteiger partial charge in [0.05, 0.1) is 17.0 Å².